The lowest BCUT2D eigenvalue weighted by Gasteiger charge is -2.07. The summed E-state index contributed by atoms with van der Waals surface area (Å²) in [5.41, 5.74) is 0.956. The Labute approximate surface area is 178 Å². The van der Waals surface area contributed by atoms with Gasteiger partial charge >= 0.3 is 5.97 Å². The third-order valence-electron chi connectivity index (χ3n) is 5.37. The van der Waals surface area contributed by atoms with Gasteiger partial charge in [-0.15, -0.1) is 0 Å². The minimum absolute atomic E-state index is 0.112. The smallest absolute Gasteiger partial charge is 0.306 e. The zero-order valence-electron chi connectivity index (χ0n) is 18.7. The number of unbranched alkanes of at least 4 members (excludes halogenated alkanes) is 12. The summed E-state index contributed by atoms with van der Waals surface area (Å²) in [5.74, 6) is 0.389. The van der Waals surface area contributed by atoms with E-state index in [9.17, 15) is 9.90 Å². The van der Waals surface area contributed by atoms with Crippen molar-refractivity contribution in [2.75, 3.05) is 13.7 Å². The first-order valence-corrected chi connectivity index (χ1v) is 11.7. The van der Waals surface area contributed by atoms with Crippen LogP contribution in [0.5, 0.6) is 11.5 Å². The van der Waals surface area contributed by atoms with Crippen molar-refractivity contribution in [3.05, 3.63) is 23.8 Å². The molecule has 0 unspecified atom stereocenters. The summed E-state index contributed by atoms with van der Waals surface area (Å²) < 4.78 is 10.4. The van der Waals surface area contributed by atoms with E-state index in [0.29, 0.717) is 25.2 Å². The van der Waals surface area contributed by atoms with Gasteiger partial charge in [-0.25, -0.2) is 0 Å². The number of esters is 1. The molecular formula is C25H42O4. The molecule has 1 rings (SSSR count). The highest BCUT2D eigenvalue weighted by Gasteiger charge is 2.07. The van der Waals surface area contributed by atoms with Gasteiger partial charge in [0.15, 0.2) is 11.5 Å². The van der Waals surface area contributed by atoms with Crippen LogP contribution in [-0.4, -0.2) is 24.8 Å². The summed E-state index contributed by atoms with van der Waals surface area (Å²) in [5, 5.41) is 9.59. The zero-order chi connectivity index (χ0) is 21.2. The van der Waals surface area contributed by atoms with E-state index in [0.717, 1.165) is 18.4 Å². The van der Waals surface area contributed by atoms with Crippen LogP contribution in [0, 0.1) is 0 Å². The largest absolute Gasteiger partial charge is 0.504 e. The fourth-order valence-electron chi connectivity index (χ4n) is 3.50. The number of phenols is 1. The molecule has 166 valence electrons. The molecule has 0 aliphatic rings. The molecule has 4 nitrogen and oxygen atoms in total. The van der Waals surface area contributed by atoms with E-state index in [1.807, 2.05) is 0 Å². The molecule has 4 heteroatoms. The number of aryl methyl sites for hydroxylation is 1. The quantitative estimate of drug-likeness (QED) is 0.211. The first-order valence-electron chi connectivity index (χ1n) is 11.7. The normalized spacial score (nSPS) is 10.8. The van der Waals surface area contributed by atoms with Gasteiger partial charge in [-0.05, 0) is 30.5 Å². The summed E-state index contributed by atoms with van der Waals surface area (Å²) in [4.78, 5) is 11.9. The molecule has 0 saturated heterocycles. The second-order valence-electron chi connectivity index (χ2n) is 7.97. The number of methoxy groups -OCH3 is 1. The van der Waals surface area contributed by atoms with E-state index in [-0.39, 0.29) is 11.7 Å². The zero-order valence-corrected chi connectivity index (χ0v) is 18.7. The van der Waals surface area contributed by atoms with Crippen LogP contribution >= 0.6 is 0 Å². The van der Waals surface area contributed by atoms with Crippen molar-refractivity contribution in [1.29, 1.82) is 0 Å². The van der Waals surface area contributed by atoms with Crippen molar-refractivity contribution in [3.8, 4) is 11.5 Å². The van der Waals surface area contributed by atoms with Gasteiger partial charge in [0.25, 0.3) is 0 Å². The van der Waals surface area contributed by atoms with Gasteiger partial charge in [0.1, 0.15) is 0 Å². The number of aromatic hydroxyl groups is 1. The van der Waals surface area contributed by atoms with Crippen LogP contribution in [0.1, 0.15) is 102 Å². The van der Waals surface area contributed by atoms with Crippen molar-refractivity contribution in [2.24, 2.45) is 0 Å². The SMILES string of the molecule is CCCCCCCCCCCCCCCOC(=O)CCc1ccc(O)c(OC)c1. The Hall–Kier alpha value is -1.71. The number of rotatable bonds is 18. The van der Waals surface area contributed by atoms with E-state index in [4.69, 9.17) is 9.47 Å². The molecular weight excluding hydrogens is 364 g/mol. The summed E-state index contributed by atoms with van der Waals surface area (Å²) >= 11 is 0. The molecule has 0 fully saturated rings. The summed E-state index contributed by atoms with van der Waals surface area (Å²) in [6.45, 7) is 2.79. The molecule has 1 N–H and O–H groups in total. The Morgan fingerprint density at radius 2 is 1.41 bits per heavy atom. The molecule has 1 aromatic carbocycles. The molecule has 1 aromatic rings. The number of ether oxygens (including phenoxy) is 2. The molecule has 0 aliphatic carbocycles. The third kappa shape index (κ3) is 13.2. The lowest BCUT2D eigenvalue weighted by atomic mass is 10.0. The average Bonchev–Trinajstić information content (AvgIpc) is 2.73. The fraction of sp³-hybridized carbons (Fsp3) is 0.720. The molecule has 0 spiro atoms. The molecule has 0 atom stereocenters. The highest BCUT2D eigenvalue weighted by molar-refractivity contribution is 5.69. The average molecular weight is 407 g/mol. The Morgan fingerprint density at radius 1 is 0.862 bits per heavy atom. The molecule has 0 radical (unpaired) electrons. The standard InChI is InChI=1S/C25H42O4/c1-3-4-5-6-7-8-9-10-11-12-13-14-15-20-29-25(27)19-17-22-16-18-23(26)24(21-22)28-2/h16,18,21,26H,3-15,17,19-20H2,1-2H3. The van der Waals surface area contributed by atoms with Gasteiger partial charge in [-0.2, -0.15) is 0 Å². The van der Waals surface area contributed by atoms with E-state index < -0.39 is 0 Å². The number of carbonyl (C=O) groups is 1. The Bertz CT molecular complexity index is 542. The van der Waals surface area contributed by atoms with Gasteiger partial charge in [-0.1, -0.05) is 90.0 Å². The van der Waals surface area contributed by atoms with E-state index in [1.54, 1.807) is 18.2 Å². The third-order valence-corrected chi connectivity index (χ3v) is 5.37. The molecule has 0 aliphatic heterocycles. The monoisotopic (exact) mass is 406 g/mol. The predicted molar refractivity (Wildman–Crippen MR) is 120 cm³/mol. The maximum atomic E-state index is 11.9. The minimum Gasteiger partial charge on any atom is -0.504 e. The second kappa shape index (κ2) is 17.2. The summed E-state index contributed by atoms with van der Waals surface area (Å²) in [6, 6.07) is 5.15. The van der Waals surface area contributed by atoms with E-state index >= 15 is 0 Å². The van der Waals surface area contributed by atoms with Crippen LogP contribution in [-0.2, 0) is 16.0 Å². The first-order chi connectivity index (χ1) is 14.2. The predicted octanol–water partition coefficient (Wildman–Crippen LogP) is 6.97. The van der Waals surface area contributed by atoms with Crippen molar-refractivity contribution < 1.29 is 19.4 Å². The van der Waals surface area contributed by atoms with Gasteiger partial charge in [0.05, 0.1) is 13.7 Å². The number of benzene rings is 1. The van der Waals surface area contributed by atoms with Crippen molar-refractivity contribution in [3.63, 3.8) is 0 Å². The maximum Gasteiger partial charge on any atom is 0.306 e. The topological polar surface area (TPSA) is 55.8 Å². The summed E-state index contributed by atoms with van der Waals surface area (Å²) in [6.07, 6.45) is 18.0. The molecule has 0 amide bonds. The van der Waals surface area contributed by atoms with Crippen molar-refractivity contribution in [1.82, 2.24) is 0 Å². The molecule has 0 bridgehead atoms. The Morgan fingerprint density at radius 3 is 1.97 bits per heavy atom. The number of hydrogen-bond acceptors (Lipinski definition) is 4. The number of hydrogen-bond donors (Lipinski definition) is 1. The van der Waals surface area contributed by atoms with Gasteiger partial charge in [0.2, 0.25) is 0 Å². The number of phenolic OH excluding ortho intramolecular Hbond substituents is 1. The van der Waals surface area contributed by atoms with E-state index in [1.165, 1.54) is 77.7 Å². The van der Waals surface area contributed by atoms with Crippen molar-refractivity contribution in [2.45, 2.75) is 103 Å². The minimum atomic E-state index is -0.157. The van der Waals surface area contributed by atoms with Crippen LogP contribution in [0.4, 0.5) is 0 Å². The van der Waals surface area contributed by atoms with Crippen LogP contribution in [0.2, 0.25) is 0 Å². The second-order valence-corrected chi connectivity index (χ2v) is 7.97. The first kappa shape index (κ1) is 25.3. The molecule has 0 saturated carbocycles. The van der Waals surface area contributed by atoms with Gasteiger partial charge < -0.3 is 14.6 Å². The molecule has 0 heterocycles. The number of carbonyl (C=O) groups excluding carboxylic acids is 1. The van der Waals surface area contributed by atoms with Gasteiger partial charge in [-0.3, -0.25) is 4.79 Å². The van der Waals surface area contributed by atoms with Gasteiger partial charge in [0, 0.05) is 6.42 Å². The fourth-order valence-corrected chi connectivity index (χ4v) is 3.50. The van der Waals surface area contributed by atoms with Crippen LogP contribution in [0.25, 0.3) is 0 Å². The van der Waals surface area contributed by atoms with Crippen LogP contribution in [0.15, 0.2) is 18.2 Å². The lowest BCUT2D eigenvalue weighted by Crippen LogP contribution is -2.07. The van der Waals surface area contributed by atoms with Crippen LogP contribution < -0.4 is 4.74 Å². The van der Waals surface area contributed by atoms with Crippen molar-refractivity contribution >= 4 is 5.97 Å². The van der Waals surface area contributed by atoms with Crippen LogP contribution in [0.3, 0.4) is 0 Å². The highest BCUT2D eigenvalue weighted by Crippen LogP contribution is 2.26. The Balaban J connectivity index is 1.90. The molecule has 29 heavy (non-hydrogen) atoms. The Kier molecular flexibility index (Phi) is 15.0. The highest BCUT2D eigenvalue weighted by atomic mass is 16.5. The van der Waals surface area contributed by atoms with E-state index in [2.05, 4.69) is 6.92 Å². The maximum absolute atomic E-state index is 11.9. The summed E-state index contributed by atoms with van der Waals surface area (Å²) in [7, 11) is 1.52. The molecule has 0 aromatic heterocycles. The lowest BCUT2D eigenvalue weighted by molar-refractivity contribution is -0.143.